The van der Waals surface area contributed by atoms with E-state index in [1.54, 1.807) is 13.1 Å². The SMILES string of the molecule is CCNc1nc(-n2ccnc2)c(F)cc1F. The standard InChI is InChI=1S/C10H10F2N4/c1-2-14-9-7(11)5-8(12)10(15-9)16-4-3-13-6-16/h3-6H,2H2,1H3,(H,14,15). The van der Waals surface area contributed by atoms with Gasteiger partial charge in [-0.15, -0.1) is 0 Å². The van der Waals surface area contributed by atoms with Crippen LogP contribution in [0.25, 0.3) is 5.82 Å². The first-order chi connectivity index (χ1) is 7.72. The lowest BCUT2D eigenvalue weighted by atomic mass is 10.4. The van der Waals surface area contributed by atoms with Crippen LogP contribution in [-0.4, -0.2) is 21.1 Å². The van der Waals surface area contributed by atoms with E-state index in [-0.39, 0.29) is 11.6 Å². The Bertz CT molecular complexity index is 482. The lowest BCUT2D eigenvalue weighted by Gasteiger charge is -2.08. The summed E-state index contributed by atoms with van der Waals surface area (Å²) in [5.41, 5.74) is 0. The van der Waals surface area contributed by atoms with E-state index in [4.69, 9.17) is 0 Å². The van der Waals surface area contributed by atoms with Gasteiger partial charge in [0.15, 0.2) is 23.3 Å². The first-order valence-electron chi connectivity index (χ1n) is 4.80. The average Bonchev–Trinajstić information content (AvgIpc) is 2.75. The first-order valence-corrected chi connectivity index (χ1v) is 4.80. The van der Waals surface area contributed by atoms with Crippen LogP contribution in [0.2, 0.25) is 0 Å². The predicted octanol–water partition coefficient (Wildman–Crippen LogP) is 1.98. The summed E-state index contributed by atoms with van der Waals surface area (Å²) in [6.07, 6.45) is 4.44. The van der Waals surface area contributed by atoms with E-state index in [1.165, 1.54) is 17.1 Å². The van der Waals surface area contributed by atoms with Gasteiger partial charge in [0.05, 0.1) is 0 Å². The van der Waals surface area contributed by atoms with Gasteiger partial charge < -0.3 is 5.32 Å². The highest BCUT2D eigenvalue weighted by atomic mass is 19.1. The van der Waals surface area contributed by atoms with Gasteiger partial charge in [-0.3, -0.25) is 4.57 Å². The number of imidazole rings is 1. The van der Waals surface area contributed by atoms with E-state index in [9.17, 15) is 8.78 Å². The fourth-order valence-electron chi connectivity index (χ4n) is 1.31. The van der Waals surface area contributed by atoms with Crippen LogP contribution in [0.1, 0.15) is 6.92 Å². The maximum Gasteiger partial charge on any atom is 0.176 e. The number of rotatable bonds is 3. The molecule has 0 bridgehead atoms. The van der Waals surface area contributed by atoms with Crippen LogP contribution in [-0.2, 0) is 0 Å². The molecule has 1 N–H and O–H groups in total. The molecule has 84 valence electrons. The molecular weight excluding hydrogens is 214 g/mol. The van der Waals surface area contributed by atoms with Gasteiger partial charge >= 0.3 is 0 Å². The molecule has 0 spiro atoms. The Hall–Kier alpha value is -1.98. The molecule has 2 aromatic heterocycles. The van der Waals surface area contributed by atoms with Crippen LogP contribution in [0.4, 0.5) is 14.6 Å². The summed E-state index contributed by atoms with van der Waals surface area (Å²) in [6.45, 7) is 2.32. The zero-order chi connectivity index (χ0) is 11.5. The molecule has 0 radical (unpaired) electrons. The van der Waals surface area contributed by atoms with Gasteiger partial charge in [-0.2, -0.15) is 0 Å². The summed E-state index contributed by atoms with van der Waals surface area (Å²) < 4.78 is 28.1. The first kappa shape index (κ1) is 10.5. The second kappa shape index (κ2) is 4.26. The molecule has 0 amide bonds. The number of aromatic nitrogens is 3. The number of hydrogen-bond donors (Lipinski definition) is 1. The van der Waals surface area contributed by atoms with E-state index in [2.05, 4.69) is 15.3 Å². The molecule has 0 aliphatic rings. The third-order valence-electron chi connectivity index (χ3n) is 2.00. The molecule has 16 heavy (non-hydrogen) atoms. The Balaban J connectivity index is 2.49. The fraction of sp³-hybridized carbons (Fsp3) is 0.200. The number of nitrogens with one attached hydrogen (secondary N) is 1. The van der Waals surface area contributed by atoms with Crippen molar-refractivity contribution < 1.29 is 8.78 Å². The van der Waals surface area contributed by atoms with Gasteiger partial charge in [0.2, 0.25) is 0 Å². The highest BCUT2D eigenvalue weighted by molar-refractivity contribution is 5.42. The Morgan fingerprint density at radius 3 is 2.81 bits per heavy atom. The summed E-state index contributed by atoms with van der Waals surface area (Å²) in [5, 5.41) is 2.72. The van der Waals surface area contributed by atoms with Crippen molar-refractivity contribution in [3.05, 3.63) is 36.4 Å². The van der Waals surface area contributed by atoms with Gasteiger partial charge in [-0.1, -0.05) is 0 Å². The summed E-state index contributed by atoms with van der Waals surface area (Å²) >= 11 is 0. The topological polar surface area (TPSA) is 42.7 Å². The van der Waals surface area contributed by atoms with Crippen molar-refractivity contribution in [1.82, 2.24) is 14.5 Å². The molecule has 0 saturated carbocycles. The van der Waals surface area contributed by atoms with Crippen molar-refractivity contribution in [3.8, 4) is 5.82 Å². The summed E-state index contributed by atoms with van der Waals surface area (Å²) in [4.78, 5) is 7.65. The Labute approximate surface area is 91.0 Å². The fourth-order valence-corrected chi connectivity index (χ4v) is 1.31. The van der Waals surface area contributed by atoms with Gasteiger partial charge in [0.1, 0.15) is 6.33 Å². The third-order valence-corrected chi connectivity index (χ3v) is 2.00. The molecule has 0 atom stereocenters. The number of halogens is 2. The number of nitrogens with zero attached hydrogens (tertiary/aromatic N) is 3. The molecular formula is C10H10F2N4. The summed E-state index contributed by atoms with van der Waals surface area (Å²) in [7, 11) is 0. The van der Waals surface area contributed by atoms with E-state index >= 15 is 0 Å². The van der Waals surface area contributed by atoms with Crippen LogP contribution in [0, 0.1) is 11.6 Å². The zero-order valence-electron chi connectivity index (χ0n) is 8.61. The second-order valence-corrected chi connectivity index (χ2v) is 3.12. The minimum absolute atomic E-state index is 0.0230. The minimum Gasteiger partial charge on any atom is -0.368 e. The van der Waals surface area contributed by atoms with Gasteiger partial charge in [0.25, 0.3) is 0 Å². The van der Waals surface area contributed by atoms with Crippen LogP contribution in [0.5, 0.6) is 0 Å². The van der Waals surface area contributed by atoms with Crippen molar-refractivity contribution in [3.63, 3.8) is 0 Å². The van der Waals surface area contributed by atoms with Crippen LogP contribution >= 0.6 is 0 Å². The second-order valence-electron chi connectivity index (χ2n) is 3.12. The number of hydrogen-bond acceptors (Lipinski definition) is 3. The molecule has 0 saturated heterocycles. The van der Waals surface area contributed by atoms with Crippen molar-refractivity contribution in [2.45, 2.75) is 6.92 Å². The van der Waals surface area contributed by atoms with Crippen LogP contribution in [0.3, 0.4) is 0 Å². The molecule has 2 rings (SSSR count). The van der Waals surface area contributed by atoms with E-state index < -0.39 is 11.6 Å². The molecule has 2 heterocycles. The number of anilines is 1. The molecule has 0 aliphatic carbocycles. The Morgan fingerprint density at radius 2 is 2.19 bits per heavy atom. The molecule has 0 aromatic carbocycles. The molecule has 2 aromatic rings. The Morgan fingerprint density at radius 1 is 1.38 bits per heavy atom. The Kier molecular flexibility index (Phi) is 2.80. The molecule has 0 fully saturated rings. The predicted molar refractivity (Wildman–Crippen MR) is 55.4 cm³/mol. The van der Waals surface area contributed by atoms with Crippen LogP contribution in [0.15, 0.2) is 24.8 Å². The molecule has 4 nitrogen and oxygen atoms in total. The lowest BCUT2D eigenvalue weighted by Crippen LogP contribution is -2.07. The summed E-state index contributed by atoms with van der Waals surface area (Å²) in [6, 6.07) is 0.806. The highest BCUT2D eigenvalue weighted by Gasteiger charge is 2.12. The van der Waals surface area contributed by atoms with Gasteiger partial charge in [0, 0.05) is 25.0 Å². The normalized spacial score (nSPS) is 10.4. The smallest absolute Gasteiger partial charge is 0.176 e. The van der Waals surface area contributed by atoms with Crippen LogP contribution < -0.4 is 5.32 Å². The highest BCUT2D eigenvalue weighted by Crippen LogP contribution is 2.17. The number of pyridine rings is 1. The minimum atomic E-state index is -0.725. The van der Waals surface area contributed by atoms with Crippen molar-refractivity contribution in [2.24, 2.45) is 0 Å². The van der Waals surface area contributed by atoms with Crippen molar-refractivity contribution in [1.29, 1.82) is 0 Å². The third kappa shape index (κ3) is 1.86. The maximum atomic E-state index is 13.5. The molecule has 0 aliphatic heterocycles. The largest absolute Gasteiger partial charge is 0.368 e. The molecule has 6 heteroatoms. The quantitative estimate of drug-likeness (QED) is 0.866. The maximum absolute atomic E-state index is 13.5. The molecule has 0 unspecified atom stereocenters. The van der Waals surface area contributed by atoms with E-state index in [0.29, 0.717) is 6.54 Å². The van der Waals surface area contributed by atoms with Crippen molar-refractivity contribution >= 4 is 5.82 Å². The van der Waals surface area contributed by atoms with Gasteiger partial charge in [-0.05, 0) is 6.92 Å². The lowest BCUT2D eigenvalue weighted by molar-refractivity contribution is 0.568. The van der Waals surface area contributed by atoms with E-state index in [1.807, 2.05) is 0 Å². The average molecular weight is 224 g/mol. The van der Waals surface area contributed by atoms with Gasteiger partial charge in [-0.25, -0.2) is 18.7 Å². The zero-order valence-corrected chi connectivity index (χ0v) is 8.61. The monoisotopic (exact) mass is 224 g/mol. The summed E-state index contributed by atoms with van der Waals surface area (Å²) in [5.74, 6) is -1.37. The van der Waals surface area contributed by atoms with E-state index in [0.717, 1.165) is 6.07 Å². The van der Waals surface area contributed by atoms with Crippen molar-refractivity contribution in [2.75, 3.05) is 11.9 Å².